The Labute approximate surface area is 240 Å². The number of ether oxygens (including phenoxy) is 1. The zero-order valence-electron chi connectivity index (χ0n) is 23.5. The number of benzene rings is 1. The second-order valence-electron chi connectivity index (χ2n) is 10.4. The lowest BCUT2D eigenvalue weighted by Crippen LogP contribution is -2.31. The van der Waals surface area contributed by atoms with Gasteiger partial charge in [-0.1, -0.05) is 45.2 Å². The zero-order chi connectivity index (χ0) is 29.8. The number of hydrogen-bond acceptors (Lipinski definition) is 8. The van der Waals surface area contributed by atoms with Gasteiger partial charge >= 0.3 is 5.97 Å². The van der Waals surface area contributed by atoms with Gasteiger partial charge in [0.1, 0.15) is 12.3 Å². The van der Waals surface area contributed by atoms with Crippen molar-refractivity contribution < 1.29 is 32.3 Å². The fourth-order valence-corrected chi connectivity index (χ4v) is 5.36. The summed E-state index contributed by atoms with van der Waals surface area (Å²) in [5.41, 5.74) is 0.821. The molecule has 222 valence electrons. The minimum atomic E-state index is -4.15. The second kappa shape index (κ2) is 15.3. The van der Waals surface area contributed by atoms with E-state index in [1.54, 1.807) is 26.0 Å². The molecule has 11 nitrogen and oxygen atoms in total. The number of sulfonamides is 1. The predicted octanol–water partition coefficient (Wildman–Crippen LogP) is 2.76. The van der Waals surface area contributed by atoms with E-state index in [1.165, 1.54) is 43.5 Å². The maximum Gasteiger partial charge on any atom is 0.308 e. The lowest BCUT2D eigenvalue weighted by atomic mass is 9.87. The van der Waals surface area contributed by atoms with Crippen molar-refractivity contribution in [3.63, 3.8) is 0 Å². The summed E-state index contributed by atoms with van der Waals surface area (Å²) in [7, 11) is -4.15. The standard InChI is InChI=1S/C29H38N4O7S/c1-20(2)29(37)40-17-16-31-28(36)25-13-10-23(19-32-25)27(35)33-41(38,39)24-11-8-21(9-12-24)14-15-30-26(34)18-22-6-4-3-5-7-22/h8-13,19-20,22H,3-7,14-18H2,1-2H3,(H,30,34)(H,31,36)(H,33,35). The second-order valence-corrected chi connectivity index (χ2v) is 12.1. The summed E-state index contributed by atoms with van der Waals surface area (Å²) < 4.78 is 32.4. The molecule has 0 bridgehead atoms. The largest absolute Gasteiger partial charge is 0.464 e. The Morgan fingerprint density at radius 3 is 2.27 bits per heavy atom. The van der Waals surface area contributed by atoms with Gasteiger partial charge in [-0.05, 0) is 55.0 Å². The maximum absolute atomic E-state index is 12.7. The molecule has 0 atom stereocenters. The van der Waals surface area contributed by atoms with Crippen LogP contribution in [0.3, 0.4) is 0 Å². The van der Waals surface area contributed by atoms with Gasteiger partial charge in [-0.25, -0.2) is 13.1 Å². The molecule has 41 heavy (non-hydrogen) atoms. The molecule has 0 aliphatic heterocycles. The van der Waals surface area contributed by atoms with E-state index < -0.39 is 21.8 Å². The van der Waals surface area contributed by atoms with E-state index in [0.29, 0.717) is 25.3 Å². The topological polar surface area (TPSA) is 161 Å². The average molecular weight is 587 g/mol. The van der Waals surface area contributed by atoms with Gasteiger partial charge < -0.3 is 15.4 Å². The van der Waals surface area contributed by atoms with Crippen LogP contribution in [-0.2, 0) is 30.8 Å². The Kier molecular flexibility index (Phi) is 11.8. The van der Waals surface area contributed by atoms with Crippen molar-refractivity contribution >= 4 is 33.7 Å². The predicted molar refractivity (Wildman–Crippen MR) is 151 cm³/mol. The summed E-state index contributed by atoms with van der Waals surface area (Å²) in [4.78, 5) is 52.2. The number of esters is 1. The highest BCUT2D eigenvalue weighted by molar-refractivity contribution is 7.90. The van der Waals surface area contributed by atoms with E-state index in [4.69, 9.17) is 4.74 Å². The highest BCUT2D eigenvalue weighted by Crippen LogP contribution is 2.26. The van der Waals surface area contributed by atoms with E-state index in [2.05, 4.69) is 15.6 Å². The van der Waals surface area contributed by atoms with Crippen molar-refractivity contribution in [2.75, 3.05) is 19.7 Å². The van der Waals surface area contributed by atoms with Gasteiger partial charge in [0.15, 0.2) is 0 Å². The van der Waals surface area contributed by atoms with Gasteiger partial charge in [0, 0.05) is 19.2 Å². The van der Waals surface area contributed by atoms with Gasteiger partial charge in [-0.15, -0.1) is 0 Å². The average Bonchev–Trinajstić information content (AvgIpc) is 2.95. The molecule has 0 spiro atoms. The normalized spacial score (nSPS) is 13.8. The first kappa shape index (κ1) is 31.7. The Morgan fingerprint density at radius 1 is 0.927 bits per heavy atom. The SMILES string of the molecule is CC(C)C(=O)OCCNC(=O)c1ccc(C(=O)NS(=O)(=O)c2ccc(CCNC(=O)CC3CCCCC3)cc2)cn1. The Morgan fingerprint density at radius 2 is 1.63 bits per heavy atom. The van der Waals surface area contributed by atoms with E-state index in [1.807, 2.05) is 4.72 Å². The zero-order valence-corrected chi connectivity index (χ0v) is 24.3. The fraction of sp³-hybridized carbons (Fsp3) is 0.483. The number of pyridine rings is 1. The molecule has 0 radical (unpaired) electrons. The summed E-state index contributed by atoms with van der Waals surface area (Å²) in [6, 6.07) is 8.67. The molecule has 1 aromatic carbocycles. The van der Waals surface area contributed by atoms with E-state index in [9.17, 15) is 27.6 Å². The summed E-state index contributed by atoms with van der Waals surface area (Å²) in [5.74, 6) is -1.55. The molecular formula is C29H38N4O7S. The third-order valence-electron chi connectivity index (χ3n) is 6.76. The van der Waals surface area contributed by atoms with Crippen molar-refractivity contribution in [1.82, 2.24) is 20.3 Å². The molecule has 3 rings (SSSR count). The molecule has 0 saturated heterocycles. The monoisotopic (exact) mass is 586 g/mol. The van der Waals surface area contributed by atoms with Crippen molar-refractivity contribution in [2.45, 2.75) is 63.7 Å². The molecule has 0 unspecified atom stereocenters. The fourth-order valence-electron chi connectivity index (χ4n) is 4.38. The molecular weight excluding hydrogens is 548 g/mol. The molecule has 1 aliphatic carbocycles. The molecule has 1 saturated carbocycles. The third-order valence-corrected chi connectivity index (χ3v) is 8.10. The molecule has 12 heteroatoms. The van der Waals surface area contributed by atoms with Gasteiger partial charge in [-0.2, -0.15) is 0 Å². The Bertz CT molecular complexity index is 1300. The number of carbonyl (C=O) groups excluding carboxylic acids is 4. The number of carbonyl (C=O) groups is 4. The molecule has 3 amide bonds. The van der Waals surface area contributed by atoms with Crippen molar-refractivity contribution in [1.29, 1.82) is 0 Å². The van der Waals surface area contributed by atoms with Gasteiger partial charge in [0.2, 0.25) is 5.91 Å². The summed E-state index contributed by atoms with van der Waals surface area (Å²) in [5, 5.41) is 5.48. The smallest absolute Gasteiger partial charge is 0.308 e. The van der Waals surface area contributed by atoms with E-state index in [0.717, 1.165) is 24.6 Å². The first-order chi connectivity index (χ1) is 19.5. The van der Waals surface area contributed by atoms with E-state index in [-0.39, 0.29) is 47.1 Å². The first-order valence-corrected chi connectivity index (χ1v) is 15.4. The molecule has 3 N–H and O–H groups in total. The van der Waals surface area contributed by atoms with Crippen molar-refractivity contribution in [2.24, 2.45) is 11.8 Å². The number of hydrogen-bond donors (Lipinski definition) is 3. The minimum absolute atomic E-state index is 0.0129. The van der Waals surface area contributed by atoms with Gasteiger partial charge in [0.25, 0.3) is 21.8 Å². The lowest BCUT2D eigenvalue weighted by Gasteiger charge is -2.20. The van der Waals surface area contributed by atoms with E-state index >= 15 is 0 Å². The quantitative estimate of drug-likeness (QED) is 0.239. The number of rotatable bonds is 13. The van der Waals surface area contributed by atoms with Crippen molar-refractivity contribution in [3.8, 4) is 0 Å². The molecule has 1 aliphatic rings. The van der Waals surface area contributed by atoms with Crippen LogP contribution in [0, 0.1) is 11.8 Å². The van der Waals surface area contributed by atoms with Crippen LogP contribution < -0.4 is 15.4 Å². The van der Waals surface area contributed by atoms with Gasteiger partial charge in [0.05, 0.1) is 22.9 Å². The Balaban J connectivity index is 1.44. The highest BCUT2D eigenvalue weighted by atomic mass is 32.2. The number of amides is 3. The van der Waals surface area contributed by atoms with Crippen LogP contribution in [0.1, 0.15) is 78.8 Å². The van der Waals surface area contributed by atoms with Crippen molar-refractivity contribution in [3.05, 3.63) is 59.4 Å². The van der Waals surface area contributed by atoms with Crippen LogP contribution in [-0.4, -0.2) is 56.8 Å². The third kappa shape index (κ3) is 10.3. The number of aromatic nitrogens is 1. The summed E-state index contributed by atoms with van der Waals surface area (Å²) in [6.45, 7) is 3.97. The van der Waals surface area contributed by atoms with Crippen LogP contribution >= 0.6 is 0 Å². The molecule has 1 heterocycles. The molecule has 1 fully saturated rings. The van der Waals surface area contributed by atoms with Crippen LogP contribution in [0.15, 0.2) is 47.5 Å². The number of nitrogens with one attached hydrogen (secondary N) is 3. The van der Waals surface area contributed by atoms with Crippen LogP contribution in [0.5, 0.6) is 0 Å². The lowest BCUT2D eigenvalue weighted by molar-refractivity contribution is -0.147. The highest BCUT2D eigenvalue weighted by Gasteiger charge is 2.20. The van der Waals surface area contributed by atoms with Gasteiger partial charge in [-0.3, -0.25) is 24.2 Å². The summed E-state index contributed by atoms with van der Waals surface area (Å²) >= 11 is 0. The van der Waals surface area contributed by atoms with Crippen LogP contribution in [0.25, 0.3) is 0 Å². The van der Waals surface area contributed by atoms with Crippen LogP contribution in [0.2, 0.25) is 0 Å². The van der Waals surface area contributed by atoms with Crippen LogP contribution in [0.4, 0.5) is 0 Å². The Hall–Kier alpha value is -3.80. The summed E-state index contributed by atoms with van der Waals surface area (Å²) in [6.07, 6.45) is 8.06. The minimum Gasteiger partial charge on any atom is -0.464 e. The molecule has 2 aromatic rings. The number of nitrogens with zero attached hydrogens (tertiary/aromatic N) is 1. The first-order valence-electron chi connectivity index (χ1n) is 13.9. The maximum atomic E-state index is 12.7. The molecule has 1 aromatic heterocycles.